The maximum atomic E-state index is 13.8. The van der Waals surface area contributed by atoms with Crippen LogP contribution in [0.5, 0.6) is 0 Å². The van der Waals surface area contributed by atoms with Crippen molar-refractivity contribution in [1.29, 1.82) is 0 Å². The number of aryl methyl sites for hydroxylation is 2. The average molecular weight is 576 g/mol. The van der Waals surface area contributed by atoms with E-state index in [-0.39, 0.29) is 17.1 Å². The minimum Gasteiger partial charge on any atom is -0.355 e. The number of alkyl halides is 3. The standard InChI is InChI=1S/C29H32F3N3O4S/c1-5-33-28(37)22(4)34(18-23-10-7-6-9-21(23)3)27(36)19-35(25-12-8-11-24(17-25)29(30,31)32)40(38,39)26-15-13-20(2)14-16-26/h6-17,22H,5,18-19H2,1-4H3,(H,33,37). The van der Waals surface area contributed by atoms with Gasteiger partial charge < -0.3 is 10.2 Å². The molecule has 0 saturated carbocycles. The second-order valence-corrected chi connectivity index (χ2v) is 11.3. The molecule has 3 aromatic rings. The van der Waals surface area contributed by atoms with Crippen LogP contribution in [-0.4, -0.2) is 44.3 Å². The molecule has 0 bridgehead atoms. The van der Waals surface area contributed by atoms with Crippen molar-refractivity contribution in [3.05, 3.63) is 95.1 Å². The minimum atomic E-state index is -4.73. The van der Waals surface area contributed by atoms with Gasteiger partial charge in [0, 0.05) is 13.1 Å². The van der Waals surface area contributed by atoms with E-state index >= 15 is 0 Å². The first-order valence-corrected chi connectivity index (χ1v) is 14.1. The number of halogens is 3. The fourth-order valence-corrected chi connectivity index (χ4v) is 5.49. The number of nitrogens with zero attached hydrogens (tertiary/aromatic N) is 2. The van der Waals surface area contributed by atoms with Crippen molar-refractivity contribution in [2.75, 3.05) is 17.4 Å². The normalized spacial score (nSPS) is 12.5. The van der Waals surface area contributed by atoms with Gasteiger partial charge in [-0.25, -0.2) is 8.42 Å². The first-order chi connectivity index (χ1) is 18.8. The molecule has 0 saturated heterocycles. The number of hydrogen-bond donors (Lipinski definition) is 1. The highest BCUT2D eigenvalue weighted by Crippen LogP contribution is 2.33. The summed E-state index contributed by atoms with van der Waals surface area (Å²) in [5.74, 6) is -1.20. The predicted molar refractivity (Wildman–Crippen MR) is 147 cm³/mol. The molecule has 0 aliphatic carbocycles. The van der Waals surface area contributed by atoms with Crippen molar-refractivity contribution in [3.63, 3.8) is 0 Å². The number of rotatable bonds is 10. The summed E-state index contributed by atoms with van der Waals surface area (Å²) in [6.45, 7) is 6.32. The summed E-state index contributed by atoms with van der Waals surface area (Å²) in [5.41, 5.74) is 0.976. The van der Waals surface area contributed by atoms with Gasteiger partial charge in [-0.3, -0.25) is 13.9 Å². The molecule has 0 aliphatic heterocycles. The number of likely N-dealkylation sites (N-methyl/N-ethyl adjacent to an activating group) is 1. The Balaban J connectivity index is 2.10. The molecule has 40 heavy (non-hydrogen) atoms. The predicted octanol–water partition coefficient (Wildman–Crippen LogP) is 5.07. The monoisotopic (exact) mass is 575 g/mol. The lowest BCUT2D eigenvalue weighted by atomic mass is 10.1. The number of amides is 2. The van der Waals surface area contributed by atoms with Gasteiger partial charge in [-0.1, -0.05) is 48.0 Å². The Bertz CT molecular complexity index is 1460. The molecule has 1 unspecified atom stereocenters. The molecule has 1 N–H and O–H groups in total. The van der Waals surface area contributed by atoms with Crippen LogP contribution < -0.4 is 9.62 Å². The van der Waals surface area contributed by atoms with Gasteiger partial charge in [0.15, 0.2) is 0 Å². The van der Waals surface area contributed by atoms with Crippen LogP contribution in [0.3, 0.4) is 0 Å². The highest BCUT2D eigenvalue weighted by molar-refractivity contribution is 7.92. The Morgan fingerprint density at radius 3 is 2.20 bits per heavy atom. The quantitative estimate of drug-likeness (QED) is 0.366. The Morgan fingerprint density at radius 2 is 1.60 bits per heavy atom. The zero-order valence-corrected chi connectivity index (χ0v) is 23.5. The molecule has 214 valence electrons. The second kappa shape index (κ2) is 12.5. The molecule has 1 atom stereocenters. The largest absolute Gasteiger partial charge is 0.416 e. The molecule has 11 heteroatoms. The van der Waals surface area contributed by atoms with E-state index in [1.54, 1.807) is 38.1 Å². The lowest BCUT2D eigenvalue weighted by Gasteiger charge is -2.32. The molecule has 3 rings (SSSR count). The summed E-state index contributed by atoms with van der Waals surface area (Å²) < 4.78 is 68.8. The smallest absolute Gasteiger partial charge is 0.355 e. The summed E-state index contributed by atoms with van der Waals surface area (Å²) in [4.78, 5) is 27.6. The van der Waals surface area contributed by atoms with E-state index < -0.39 is 46.2 Å². The van der Waals surface area contributed by atoms with Gasteiger partial charge in [-0.2, -0.15) is 13.2 Å². The molecule has 0 spiro atoms. The highest BCUT2D eigenvalue weighted by Gasteiger charge is 2.35. The van der Waals surface area contributed by atoms with Crippen molar-refractivity contribution in [1.82, 2.24) is 10.2 Å². The van der Waals surface area contributed by atoms with Crippen molar-refractivity contribution in [2.45, 2.75) is 51.4 Å². The number of carbonyl (C=O) groups excluding carboxylic acids is 2. The Hall–Kier alpha value is -3.86. The van der Waals surface area contributed by atoms with E-state index in [4.69, 9.17) is 0 Å². The molecule has 7 nitrogen and oxygen atoms in total. The van der Waals surface area contributed by atoms with Crippen molar-refractivity contribution in [2.24, 2.45) is 0 Å². The first kappa shape index (κ1) is 30.7. The molecule has 0 aliphatic rings. The van der Waals surface area contributed by atoms with Gasteiger partial charge in [0.05, 0.1) is 16.1 Å². The van der Waals surface area contributed by atoms with Crippen LogP contribution in [0.4, 0.5) is 18.9 Å². The van der Waals surface area contributed by atoms with E-state index in [2.05, 4.69) is 5.32 Å². The number of nitrogens with one attached hydrogen (secondary N) is 1. The van der Waals surface area contributed by atoms with Crippen LogP contribution in [0.2, 0.25) is 0 Å². The number of anilines is 1. The Morgan fingerprint density at radius 1 is 0.950 bits per heavy atom. The van der Waals surface area contributed by atoms with Crippen LogP contribution in [0.25, 0.3) is 0 Å². The van der Waals surface area contributed by atoms with Crippen LogP contribution in [0.15, 0.2) is 77.7 Å². The summed E-state index contributed by atoms with van der Waals surface area (Å²) in [6.07, 6.45) is -4.73. The molecule has 3 aromatic carbocycles. The topological polar surface area (TPSA) is 86.8 Å². The molecule has 0 fully saturated rings. The van der Waals surface area contributed by atoms with Crippen LogP contribution in [0.1, 0.15) is 36.1 Å². The SMILES string of the molecule is CCNC(=O)C(C)N(Cc1ccccc1C)C(=O)CN(c1cccc(C(F)(F)F)c1)S(=O)(=O)c1ccc(C)cc1. The summed E-state index contributed by atoms with van der Waals surface area (Å²) in [7, 11) is -4.48. The van der Waals surface area contributed by atoms with Gasteiger partial charge in [0.2, 0.25) is 11.8 Å². The maximum absolute atomic E-state index is 13.8. The summed E-state index contributed by atoms with van der Waals surface area (Å²) in [5, 5.41) is 2.66. The van der Waals surface area contributed by atoms with Crippen LogP contribution in [-0.2, 0) is 32.3 Å². The molecule has 0 radical (unpaired) electrons. The van der Waals surface area contributed by atoms with Gasteiger partial charge in [0.1, 0.15) is 12.6 Å². The van der Waals surface area contributed by atoms with E-state index in [1.165, 1.54) is 30.0 Å². The summed E-state index contributed by atoms with van der Waals surface area (Å²) >= 11 is 0. The lowest BCUT2D eigenvalue weighted by molar-refractivity contribution is -0.139. The van der Waals surface area contributed by atoms with Crippen LogP contribution in [0, 0.1) is 13.8 Å². The van der Waals surface area contributed by atoms with Gasteiger partial charge in [0.25, 0.3) is 10.0 Å². The molecule has 2 amide bonds. The Kier molecular flexibility index (Phi) is 9.62. The van der Waals surface area contributed by atoms with Crippen LogP contribution >= 0.6 is 0 Å². The van der Waals surface area contributed by atoms with Gasteiger partial charge in [-0.05, 0) is 69.2 Å². The fourth-order valence-electron chi connectivity index (χ4n) is 4.08. The minimum absolute atomic E-state index is 0.00911. The number of hydrogen-bond acceptors (Lipinski definition) is 4. The number of carbonyl (C=O) groups is 2. The van der Waals surface area contributed by atoms with E-state index in [0.717, 1.165) is 28.8 Å². The average Bonchev–Trinajstić information content (AvgIpc) is 2.90. The third-order valence-electron chi connectivity index (χ3n) is 6.47. The third-order valence-corrected chi connectivity index (χ3v) is 8.26. The molecular weight excluding hydrogens is 543 g/mol. The maximum Gasteiger partial charge on any atom is 0.416 e. The fraction of sp³-hybridized carbons (Fsp3) is 0.310. The third kappa shape index (κ3) is 7.20. The molecule has 0 aromatic heterocycles. The highest BCUT2D eigenvalue weighted by atomic mass is 32.2. The second-order valence-electron chi connectivity index (χ2n) is 9.39. The summed E-state index contributed by atoms with van der Waals surface area (Å²) in [6, 6.07) is 15.8. The number of sulfonamides is 1. The van der Waals surface area contributed by atoms with E-state index in [0.29, 0.717) is 16.9 Å². The van der Waals surface area contributed by atoms with Gasteiger partial charge in [-0.15, -0.1) is 0 Å². The van der Waals surface area contributed by atoms with E-state index in [1.807, 2.05) is 19.1 Å². The Labute approximate surface area is 232 Å². The molecule has 0 heterocycles. The zero-order chi connectivity index (χ0) is 29.7. The first-order valence-electron chi connectivity index (χ1n) is 12.6. The van der Waals surface area contributed by atoms with E-state index in [9.17, 15) is 31.2 Å². The van der Waals surface area contributed by atoms with Gasteiger partial charge >= 0.3 is 6.18 Å². The van der Waals surface area contributed by atoms with Crippen molar-refractivity contribution < 1.29 is 31.2 Å². The number of benzene rings is 3. The van der Waals surface area contributed by atoms with Crippen molar-refractivity contribution in [3.8, 4) is 0 Å². The lowest BCUT2D eigenvalue weighted by Crippen LogP contribution is -2.51. The molecular formula is C29H32F3N3O4S. The zero-order valence-electron chi connectivity index (χ0n) is 22.7. The van der Waals surface area contributed by atoms with Crippen molar-refractivity contribution >= 4 is 27.5 Å².